The molecule has 0 heterocycles. The van der Waals surface area contributed by atoms with E-state index in [-0.39, 0.29) is 44.6 Å². The standard InChI is InChI=1S/C16H26N4O5.C7H13NO3/c1-3-8-25-16(24)14(7-5-12(22)10-18)20-15(23)13(19-2)6-4-11(21)9-17;1-2-11-7(10)6(8)4-3-5-9/h3,10,13-14,18-19H,1,4-9,17H2,2H3,(H,20,23);5-6H,2-4,8H2,1H3. The van der Waals surface area contributed by atoms with Crippen LogP contribution in [0.5, 0.6) is 0 Å². The van der Waals surface area contributed by atoms with E-state index in [1.54, 1.807) is 14.0 Å². The molecule has 0 aliphatic heterocycles. The fourth-order valence-electron chi connectivity index (χ4n) is 2.55. The zero-order valence-corrected chi connectivity index (χ0v) is 21.0. The molecular weight excluding hydrogens is 474 g/mol. The Morgan fingerprint density at radius 2 is 1.67 bits per heavy atom. The molecule has 0 radical (unpaired) electrons. The molecule has 0 spiro atoms. The van der Waals surface area contributed by atoms with E-state index in [0.29, 0.717) is 25.7 Å². The number of nitrogens with two attached hydrogens (primary N) is 2. The number of nitrogens with one attached hydrogen (secondary N) is 3. The number of hydrogen-bond acceptors (Lipinski definition) is 12. The van der Waals surface area contributed by atoms with Crippen molar-refractivity contribution in [2.75, 3.05) is 26.8 Å². The highest BCUT2D eigenvalue weighted by molar-refractivity contribution is 6.26. The van der Waals surface area contributed by atoms with Gasteiger partial charge in [-0.3, -0.25) is 19.2 Å². The van der Waals surface area contributed by atoms with Crippen LogP contribution in [-0.4, -0.2) is 86.8 Å². The topological polar surface area (TPSA) is 221 Å². The van der Waals surface area contributed by atoms with Crippen LogP contribution >= 0.6 is 0 Å². The monoisotopic (exact) mass is 513 g/mol. The van der Waals surface area contributed by atoms with Crippen molar-refractivity contribution >= 4 is 41.9 Å². The van der Waals surface area contributed by atoms with Crippen molar-refractivity contribution in [1.82, 2.24) is 10.6 Å². The normalized spacial score (nSPS) is 12.4. The fourth-order valence-corrected chi connectivity index (χ4v) is 2.55. The zero-order chi connectivity index (χ0) is 27.9. The van der Waals surface area contributed by atoms with Gasteiger partial charge in [0.25, 0.3) is 0 Å². The van der Waals surface area contributed by atoms with Crippen molar-refractivity contribution in [2.45, 2.75) is 63.6 Å². The highest BCUT2D eigenvalue weighted by Crippen LogP contribution is 2.04. The van der Waals surface area contributed by atoms with Gasteiger partial charge in [-0.2, -0.15) is 0 Å². The lowest BCUT2D eigenvalue weighted by atomic mass is 10.1. The first-order valence-electron chi connectivity index (χ1n) is 11.5. The van der Waals surface area contributed by atoms with Crippen LogP contribution in [0.15, 0.2) is 12.7 Å². The molecule has 0 aromatic rings. The molecule has 7 N–H and O–H groups in total. The van der Waals surface area contributed by atoms with E-state index in [2.05, 4.69) is 21.9 Å². The number of hydrogen-bond donors (Lipinski definition) is 5. The van der Waals surface area contributed by atoms with Crippen molar-refractivity contribution < 1.29 is 38.2 Å². The number of Topliss-reactive ketones (excluding diaryl/α,β-unsaturated/α-hetero) is 2. The van der Waals surface area contributed by atoms with Gasteiger partial charge in [0.15, 0.2) is 5.78 Å². The SMILES string of the molecule is C=CCOC(=O)C(CCC(=O)C=N)NC(=O)C(CCC(=O)CN)NC.CCOC(=O)C(N)CCC=O. The third-order valence-electron chi connectivity index (χ3n) is 4.57. The van der Waals surface area contributed by atoms with Crippen LogP contribution in [0.4, 0.5) is 0 Å². The number of rotatable bonds is 19. The number of likely N-dealkylation sites (N-methyl/N-ethyl adjacent to an activating group) is 1. The van der Waals surface area contributed by atoms with E-state index in [1.807, 2.05) is 0 Å². The smallest absolute Gasteiger partial charge is 0.328 e. The van der Waals surface area contributed by atoms with Crippen LogP contribution in [0.3, 0.4) is 0 Å². The number of carbonyl (C=O) groups is 6. The number of ether oxygens (including phenoxy) is 2. The molecule has 3 atom stereocenters. The van der Waals surface area contributed by atoms with Gasteiger partial charge >= 0.3 is 11.9 Å². The van der Waals surface area contributed by atoms with Crippen molar-refractivity contribution in [2.24, 2.45) is 11.5 Å². The van der Waals surface area contributed by atoms with Crippen molar-refractivity contribution in [3.8, 4) is 0 Å². The summed E-state index contributed by atoms with van der Waals surface area (Å²) in [5.74, 6) is -2.26. The summed E-state index contributed by atoms with van der Waals surface area (Å²) in [6, 6.07) is -2.37. The van der Waals surface area contributed by atoms with Gasteiger partial charge in [0.2, 0.25) is 5.91 Å². The largest absolute Gasteiger partial charge is 0.465 e. The summed E-state index contributed by atoms with van der Waals surface area (Å²) in [6.45, 7) is 5.35. The molecule has 3 unspecified atom stereocenters. The maximum atomic E-state index is 12.3. The lowest BCUT2D eigenvalue weighted by Gasteiger charge is -2.21. The first-order valence-corrected chi connectivity index (χ1v) is 11.5. The van der Waals surface area contributed by atoms with Gasteiger partial charge in [0, 0.05) is 19.3 Å². The molecule has 0 saturated carbocycles. The molecule has 1 amide bonds. The second kappa shape index (κ2) is 22.2. The number of aldehydes is 1. The van der Waals surface area contributed by atoms with Crippen molar-refractivity contribution in [1.29, 1.82) is 5.41 Å². The van der Waals surface area contributed by atoms with Crippen molar-refractivity contribution in [3.05, 3.63) is 12.7 Å². The van der Waals surface area contributed by atoms with Gasteiger partial charge < -0.3 is 41.8 Å². The summed E-state index contributed by atoms with van der Waals surface area (Å²) in [4.78, 5) is 67.5. The van der Waals surface area contributed by atoms with E-state index in [9.17, 15) is 28.8 Å². The molecule has 13 nitrogen and oxygen atoms in total. The quantitative estimate of drug-likeness (QED) is 0.0606. The molecule has 0 aromatic heterocycles. The van der Waals surface area contributed by atoms with Crippen LogP contribution in [0, 0.1) is 5.41 Å². The Bertz CT molecular complexity index is 744. The molecule has 0 aromatic carbocycles. The molecule has 36 heavy (non-hydrogen) atoms. The van der Waals surface area contributed by atoms with Crippen molar-refractivity contribution in [3.63, 3.8) is 0 Å². The Balaban J connectivity index is 0. The second-order valence-electron chi connectivity index (χ2n) is 7.35. The summed E-state index contributed by atoms with van der Waals surface area (Å²) in [5.41, 5.74) is 10.6. The summed E-state index contributed by atoms with van der Waals surface area (Å²) >= 11 is 0. The molecule has 13 heteroatoms. The Morgan fingerprint density at radius 3 is 2.17 bits per heavy atom. The summed E-state index contributed by atoms with van der Waals surface area (Å²) in [5, 5.41) is 12.2. The molecular formula is C23H39N5O8. The van der Waals surface area contributed by atoms with Gasteiger partial charge in [-0.1, -0.05) is 12.7 Å². The summed E-state index contributed by atoms with van der Waals surface area (Å²) in [7, 11) is 1.56. The first-order chi connectivity index (χ1) is 17.1. The van der Waals surface area contributed by atoms with Gasteiger partial charge in [-0.15, -0.1) is 0 Å². The minimum Gasteiger partial charge on any atom is -0.465 e. The van der Waals surface area contributed by atoms with Gasteiger partial charge in [-0.25, -0.2) is 4.79 Å². The van der Waals surface area contributed by atoms with E-state index >= 15 is 0 Å². The Labute approximate surface area is 211 Å². The highest BCUT2D eigenvalue weighted by atomic mass is 16.5. The van der Waals surface area contributed by atoms with Gasteiger partial charge in [0.05, 0.1) is 25.4 Å². The number of amides is 1. The van der Waals surface area contributed by atoms with E-state index < -0.39 is 41.8 Å². The van der Waals surface area contributed by atoms with Crippen LogP contribution in [0.2, 0.25) is 0 Å². The second-order valence-corrected chi connectivity index (χ2v) is 7.35. The Morgan fingerprint density at radius 1 is 1.03 bits per heavy atom. The number of carbonyl (C=O) groups excluding carboxylic acids is 6. The molecule has 0 aliphatic carbocycles. The predicted octanol–water partition coefficient (Wildman–Crippen LogP) is -1.05. The van der Waals surface area contributed by atoms with Crippen LogP contribution in [0.1, 0.15) is 45.4 Å². The predicted molar refractivity (Wildman–Crippen MR) is 132 cm³/mol. The summed E-state index contributed by atoms with van der Waals surface area (Å²) < 4.78 is 9.54. The molecule has 0 bridgehead atoms. The average Bonchev–Trinajstić information content (AvgIpc) is 2.88. The lowest BCUT2D eigenvalue weighted by Crippen LogP contribution is -2.50. The maximum absolute atomic E-state index is 12.3. The Hall–Kier alpha value is -3.29. The van der Waals surface area contributed by atoms with E-state index in [4.69, 9.17) is 21.6 Å². The maximum Gasteiger partial charge on any atom is 0.328 e. The molecule has 0 aliphatic rings. The third kappa shape index (κ3) is 17.2. The molecule has 0 saturated heterocycles. The fraction of sp³-hybridized carbons (Fsp3) is 0.609. The van der Waals surface area contributed by atoms with Gasteiger partial charge in [0.1, 0.15) is 30.8 Å². The van der Waals surface area contributed by atoms with Crippen LogP contribution < -0.4 is 22.1 Å². The zero-order valence-electron chi connectivity index (χ0n) is 21.0. The molecule has 0 fully saturated rings. The first kappa shape index (κ1) is 34.9. The number of ketones is 2. The minimum atomic E-state index is -1.03. The third-order valence-corrected chi connectivity index (χ3v) is 4.57. The van der Waals surface area contributed by atoms with Crippen LogP contribution in [0.25, 0.3) is 0 Å². The van der Waals surface area contributed by atoms with E-state index in [0.717, 1.165) is 6.29 Å². The Kier molecular flexibility index (Phi) is 21.5. The average molecular weight is 514 g/mol. The highest BCUT2D eigenvalue weighted by Gasteiger charge is 2.26. The van der Waals surface area contributed by atoms with Crippen LogP contribution in [-0.2, 0) is 38.2 Å². The minimum absolute atomic E-state index is 0.00803. The van der Waals surface area contributed by atoms with Gasteiger partial charge in [-0.05, 0) is 33.2 Å². The van der Waals surface area contributed by atoms with E-state index in [1.165, 1.54) is 6.08 Å². The molecule has 0 rings (SSSR count). The lowest BCUT2D eigenvalue weighted by molar-refractivity contribution is -0.147. The number of esters is 2. The molecule has 204 valence electrons. The summed E-state index contributed by atoms with van der Waals surface area (Å²) in [6.07, 6.45) is 3.74.